The number of morpholine rings is 2. The van der Waals surface area contributed by atoms with Crippen LogP contribution in [0.5, 0.6) is 0 Å². The molecule has 8 heteroatoms. The monoisotopic (exact) mass is 483 g/mol. The number of halogens is 1. The highest BCUT2D eigenvalue weighted by Gasteiger charge is 2.16. The van der Waals surface area contributed by atoms with Crippen molar-refractivity contribution in [2.24, 2.45) is 4.99 Å². The minimum atomic E-state index is 0. The second-order valence-corrected chi connectivity index (χ2v) is 6.80. The van der Waals surface area contributed by atoms with Crippen LogP contribution < -0.4 is 10.6 Å². The summed E-state index contributed by atoms with van der Waals surface area (Å²) in [6.45, 7) is 15.9. The molecule has 0 saturated carbocycles. The molecule has 26 heavy (non-hydrogen) atoms. The van der Waals surface area contributed by atoms with E-state index in [9.17, 15) is 0 Å². The van der Waals surface area contributed by atoms with E-state index in [0.717, 1.165) is 78.2 Å². The van der Waals surface area contributed by atoms with E-state index < -0.39 is 0 Å². The molecule has 0 aromatic carbocycles. The second-order valence-electron chi connectivity index (χ2n) is 6.80. The molecule has 0 radical (unpaired) electrons. The highest BCUT2D eigenvalue weighted by atomic mass is 127. The summed E-state index contributed by atoms with van der Waals surface area (Å²) in [5.74, 6) is 0.939. The van der Waals surface area contributed by atoms with Crippen molar-refractivity contribution in [1.82, 2.24) is 20.4 Å². The first-order valence-electron chi connectivity index (χ1n) is 9.93. The molecule has 7 nitrogen and oxygen atoms in total. The van der Waals surface area contributed by atoms with Gasteiger partial charge in [0.2, 0.25) is 0 Å². The molecule has 0 spiro atoms. The van der Waals surface area contributed by atoms with Crippen LogP contribution in [0.1, 0.15) is 26.7 Å². The van der Waals surface area contributed by atoms with E-state index in [-0.39, 0.29) is 24.0 Å². The minimum Gasteiger partial charge on any atom is -0.379 e. The van der Waals surface area contributed by atoms with E-state index in [4.69, 9.17) is 14.5 Å². The summed E-state index contributed by atoms with van der Waals surface area (Å²) in [5, 5.41) is 6.82. The Morgan fingerprint density at radius 1 is 1.00 bits per heavy atom. The molecule has 2 N–H and O–H groups in total. The van der Waals surface area contributed by atoms with Crippen LogP contribution >= 0.6 is 24.0 Å². The van der Waals surface area contributed by atoms with Crippen LogP contribution in [0.15, 0.2) is 4.99 Å². The average molecular weight is 483 g/mol. The normalized spacial score (nSPS) is 21.1. The molecule has 2 aliphatic rings. The minimum absolute atomic E-state index is 0. The van der Waals surface area contributed by atoms with Gasteiger partial charge < -0.3 is 20.1 Å². The van der Waals surface area contributed by atoms with Gasteiger partial charge in [-0.2, -0.15) is 0 Å². The smallest absolute Gasteiger partial charge is 0.191 e. The maximum Gasteiger partial charge on any atom is 0.191 e. The van der Waals surface area contributed by atoms with E-state index in [1.807, 2.05) is 0 Å². The Labute approximate surface area is 176 Å². The lowest BCUT2D eigenvalue weighted by Gasteiger charge is -2.31. The highest BCUT2D eigenvalue weighted by molar-refractivity contribution is 14.0. The third-order valence-electron chi connectivity index (χ3n) is 4.82. The van der Waals surface area contributed by atoms with Crippen molar-refractivity contribution in [3.8, 4) is 0 Å². The van der Waals surface area contributed by atoms with Crippen molar-refractivity contribution in [3.63, 3.8) is 0 Å². The number of nitrogens with one attached hydrogen (secondary N) is 2. The fourth-order valence-corrected chi connectivity index (χ4v) is 3.19. The standard InChI is InChI=1S/C18H37N5O2.HI/c1-3-19-18(21-16-17(2)23-10-14-25-15-11-23)20-6-4-5-7-22-8-12-24-13-9-22;/h17H,3-16H2,1-2H3,(H2,19,20,21);1H. The van der Waals surface area contributed by atoms with Crippen molar-refractivity contribution >= 4 is 29.9 Å². The fourth-order valence-electron chi connectivity index (χ4n) is 3.19. The maximum atomic E-state index is 5.42. The van der Waals surface area contributed by atoms with Crippen LogP contribution in [0, 0.1) is 0 Å². The van der Waals surface area contributed by atoms with Crippen molar-refractivity contribution < 1.29 is 9.47 Å². The number of rotatable bonds is 9. The molecular formula is C18H38IN5O2. The zero-order valence-corrected chi connectivity index (χ0v) is 18.9. The zero-order chi connectivity index (χ0) is 17.7. The Hall–Kier alpha value is -0.160. The van der Waals surface area contributed by atoms with E-state index >= 15 is 0 Å². The molecule has 2 heterocycles. The molecule has 0 aliphatic carbocycles. The summed E-state index contributed by atoms with van der Waals surface area (Å²) < 4.78 is 10.8. The van der Waals surface area contributed by atoms with Crippen molar-refractivity contribution in [2.45, 2.75) is 32.7 Å². The summed E-state index contributed by atoms with van der Waals surface area (Å²) in [5.41, 5.74) is 0. The van der Waals surface area contributed by atoms with Gasteiger partial charge in [0.05, 0.1) is 33.0 Å². The lowest BCUT2D eigenvalue weighted by Crippen LogP contribution is -2.44. The van der Waals surface area contributed by atoms with E-state index in [2.05, 4.69) is 34.3 Å². The van der Waals surface area contributed by atoms with Crippen LogP contribution in [0.2, 0.25) is 0 Å². The van der Waals surface area contributed by atoms with Crippen LogP contribution in [0.4, 0.5) is 0 Å². The highest BCUT2D eigenvalue weighted by Crippen LogP contribution is 2.04. The summed E-state index contributed by atoms with van der Waals surface area (Å²) in [7, 11) is 0. The van der Waals surface area contributed by atoms with Gasteiger partial charge in [0, 0.05) is 45.3 Å². The summed E-state index contributed by atoms with van der Waals surface area (Å²) in [6.07, 6.45) is 2.39. The topological polar surface area (TPSA) is 61.4 Å². The Kier molecular flexibility index (Phi) is 13.6. The van der Waals surface area contributed by atoms with Gasteiger partial charge in [0.25, 0.3) is 0 Å². The van der Waals surface area contributed by atoms with Crippen LogP contribution in [0.3, 0.4) is 0 Å². The van der Waals surface area contributed by atoms with E-state index in [1.165, 1.54) is 19.4 Å². The SMILES string of the molecule is CCNC(=NCC(C)N1CCOCC1)NCCCCN1CCOCC1.I. The van der Waals surface area contributed by atoms with Gasteiger partial charge >= 0.3 is 0 Å². The molecule has 154 valence electrons. The molecule has 2 rings (SSSR count). The molecule has 0 amide bonds. The molecule has 2 aliphatic heterocycles. The summed E-state index contributed by atoms with van der Waals surface area (Å²) in [4.78, 5) is 9.71. The van der Waals surface area contributed by atoms with Gasteiger partial charge in [-0.15, -0.1) is 24.0 Å². The lowest BCUT2D eigenvalue weighted by atomic mass is 10.2. The zero-order valence-electron chi connectivity index (χ0n) is 16.5. The predicted octanol–water partition coefficient (Wildman–Crippen LogP) is 0.993. The van der Waals surface area contributed by atoms with Crippen molar-refractivity contribution in [1.29, 1.82) is 0 Å². The third-order valence-corrected chi connectivity index (χ3v) is 4.82. The van der Waals surface area contributed by atoms with Crippen LogP contribution in [-0.4, -0.2) is 101 Å². The number of hydrogen-bond acceptors (Lipinski definition) is 5. The Balaban J connectivity index is 0.00000338. The summed E-state index contributed by atoms with van der Waals surface area (Å²) >= 11 is 0. The number of hydrogen-bond donors (Lipinski definition) is 2. The predicted molar refractivity (Wildman–Crippen MR) is 118 cm³/mol. The van der Waals surface area contributed by atoms with E-state index in [0.29, 0.717) is 6.04 Å². The van der Waals surface area contributed by atoms with Gasteiger partial charge in [-0.25, -0.2) is 0 Å². The number of nitrogens with zero attached hydrogens (tertiary/aromatic N) is 3. The molecule has 1 unspecified atom stereocenters. The number of ether oxygens (including phenoxy) is 2. The molecule has 2 fully saturated rings. The average Bonchev–Trinajstić information content (AvgIpc) is 2.67. The molecular weight excluding hydrogens is 445 g/mol. The van der Waals surface area contributed by atoms with Crippen LogP contribution in [0.25, 0.3) is 0 Å². The number of guanidine groups is 1. The second kappa shape index (κ2) is 14.8. The first kappa shape index (κ1) is 23.9. The summed E-state index contributed by atoms with van der Waals surface area (Å²) in [6, 6.07) is 0.459. The lowest BCUT2D eigenvalue weighted by molar-refractivity contribution is 0.0220. The number of aliphatic imine (C=N–C) groups is 1. The Morgan fingerprint density at radius 3 is 2.31 bits per heavy atom. The molecule has 1 atom stereocenters. The van der Waals surface area contributed by atoms with Gasteiger partial charge in [-0.05, 0) is 33.2 Å². The number of unbranched alkanes of at least 4 members (excludes halogenated alkanes) is 1. The first-order valence-corrected chi connectivity index (χ1v) is 9.93. The van der Waals surface area contributed by atoms with Crippen molar-refractivity contribution in [2.75, 3.05) is 78.8 Å². The van der Waals surface area contributed by atoms with Crippen molar-refractivity contribution in [3.05, 3.63) is 0 Å². The van der Waals surface area contributed by atoms with Gasteiger partial charge in [0.15, 0.2) is 5.96 Å². The largest absolute Gasteiger partial charge is 0.379 e. The third kappa shape index (κ3) is 9.68. The quantitative estimate of drug-likeness (QED) is 0.221. The van der Waals surface area contributed by atoms with Crippen LogP contribution in [-0.2, 0) is 9.47 Å². The van der Waals surface area contributed by atoms with E-state index in [1.54, 1.807) is 0 Å². The molecule has 2 saturated heterocycles. The first-order chi connectivity index (χ1) is 12.3. The molecule has 0 aromatic heterocycles. The van der Waals surface area contributed by atoms with Gasteiger partial charge in [-0.1, -0.05) is 0 Å². The Morgan fingerprint density at radius 2 is 1.65 bits per heavy atom. The molecule has 0 bridgehead atoms. The maximum absolute atomic E-state index is 5.42. The Bertz CT molecular complexity index is 375. The van der Waals surface area contributed by atoms with Gasteiger partial charge in [-0.3, -0.25) is 14.8 Å². The van der Waals surface area contributed by atoms with Gasteiger partial charge in [0.1, 0.15) is 0 Å². The molecule has 0 aromatic rings. The fraction of sp³-hybridized carbons (Fsp3) is 0.944.